The Hall–Kier alpha value is -1.09. The molecule has 0 fully saturated rings. The van der Waals surface area contributed by atoms with Gasteiger partial charge in [-0.15, -0.1) is 0 Å². The van der Waals surface area contributed by atoms with Gasteiger partial charge in [-0.3, -0.25) is 5.43 Å². The van der Waals surface area contributed by atoms with Crippen molar-refractivity contribution in [2.45, 2.75) is 0 Å². The van der Waals surface area contributed by atoms with E-state index < -0.39 is 0 Å². The van der Waals surface area contributed by atoms with Gasteiger partial charge in [0.2, 0.25) is 6.79 Å². The highest BCUT2D eigenvalue weighted by Gasteiger charge is 2.15. The topological polar surface area (TPSA) is 68.9 Å². The first-order valence-electron chi connectivity index (χ1n) is 4.34. The van der Waals surface area contributed by atoms with Crippen molar-refractivity contribution in [1.82, 2.24) is 5.43 Å². The zero-order valence-corrected chi connectivity index (χ0v) is 11.0. The van der Waals surface area contributed by atoms with E-state index in [1.165, 1.54) is 0 Å². The molecule has 0 radical (unpaired) electrons. The molecule has 1 aliphatic heterocycles. The molecule has 0 spiro atoms. The third-order valence-corrected chi connectivity index (χ3v) is 2.90. The van der Waals surface area contributed by atoms with Gasteiger partial charge >= 0.3 is 0 Å². The molecule has 3 N–H and O–H groups in total. The Labute approximate surface area is 111 Å². The molecule has 0 bridgehead atoms. The van der Waals surface area contributed by atoms with Crippen molar-refractivity contribution in [3.05, 3.63) is 21.3 Å². The normalized spacial score (nSPS) is 13.1. The second-order valence-corrected chi connectivity index (χ2v) is 4.56. The molecular weight excluding hydrogens is 341 g/mol. The number of nitrogens with one attached hydrogen (secondary N) is 1. The second-order valence-electron chi connectivity index (χ2n) is 2.96. The molecule has 0 atom stereocenters. The fourth-order valence-corrected chi connectivity index (χ4v) is 1.83. The number of rotatable bonds is 2. The van der Waals surface area contributed by atoms with Crippen molar-refractivity contribution in [2.24, 2.45) is 10.8 Å². The van der Waals surface area contributed by atoms with E-state index in [2.05, 4.69) is 45.3 Å². The molecule has 1 aromatic rings. The van der Waals surface area contributed by atoms with E-state index in [4.69, 9.17) is 15.2 Å². The minimum Gasteiger partial charge on any atom is -0.454 e. The number of benzene rings is 1. The Balaban J connectivity index is 2.21. The van der Waals surface area contributed by atoms with E-state index in [9.17, 15) is 0 Å². The van der Waals surface area contributed by atoms with Gasteiger partial charge in [0, 0.05) is 9.13 Å². The fourth-order valence-electron chi connectivity index (χ4n) is 1.20. The quantitative estimate of drug-likeness (QED) is 0.363. The van der Waals surface area contributed by atoms with Crippen molar-refractivity contribution >= 4 is 46.1 Å². The summed E-state index contributed by atoms with van der Waals surface area (Å²) >= 11 is 6.82. The Kier molecular flexibility index (Phi) is 3.44. The lowest BCUT2D eigenvalue weighted by Crippen LogP contribution is -2.24. The van der Waals surface area contributed by atoms with Crippen molar-refractivity contribution < 1.29 is 9.47 Å². The highest BCUT2D eigenvalue weighted by molar-refractivity contribution is 14.1. The van der Waals surface area contributed by atoms with Crippen molar-refractivity contribution in [3.8, 4) is 11.5 Å². The predicted octanol–water partition coefficient (Wildman–Crippen LogP) is 1.19. The smallest absolute Gasteiger partial charge is 0.231 e. The number of nitrogens with zero attached hydrogens (tertiary/aromatic N) is 1. The summed E-state index contributed by atoms with van der Waals surface area (Å²) in [5, 5.41) is 4.02. The van der Waals surface area contributed by atoms with Gasteiger partial charge in [0.15, 0.2) is 16.6 Å². The average Bonchev–Trinajstić information content (AvgIpc) is 2.64. The van der Waals surface area contributed by atoms with Crippen LogP contribution >= 0.6 is 34.8 Å². The highest BCUT2D eigenvalue weighted by atomic mass is 127. The Morgan fingerprint density at radius 3 is 2.88 bits per heavy atom. The largest absolute Gasteiger partial charge is 0.454 e. The lowest BCUT2D eigenvalue weighted by molar-refractivity contribution is 0.174. The molecule has 1 heterocycles. The van der Waals surface area contributed by atoms with Gasteiger partial charge in [-0.25, -0.2) is 0 Å². The number of hydrogen-bond acceptors (Lipinski definition) is 4. The van der Waals surface area contributed by atoms with Gasteiger partial charge in [-0.05, 0) is 46.9 Å². The molecule has 0 unspecified atom stereocenters. The minimum absolute atomic E-state index is 0.131. The van der Waals surface area contributed by atoms with Crippen LogP contribution in [0.1, 0.15) is 5.56 Å². The Morgan fingerprint density at radius 2 is 2.19 bits per heavy atom. The zero-order valence-electron chi connectivity index (χ0n) is 8.07. The average molecular weight is 349 g/mol. The molecule has 84 valence electrons. The number of fused-ring (bicyclic) bond motifs is 1. The van der Waals surface area contributed by atoms with Crippen LogP contribution < -0.4 is 20.6 Å². The molecule has 5 nitrogen and oxygen atoms in total. The molecule has 7 heteroatoms. The maximum atomic E-state index is 5.26. The molecule has 0 aromatic heterocycles. The summed E-state index contributed by atoms with van der Waals surface area (Å²) in [6, 6.07) is 3.75. The third-order valence-electron chi connectivity index (χ3n) is 1.87. The SMILES string of the molecule is NC(=S)N/N=C/c1cc2c(cc1I)OCO2. The van der Waals surface area contributed by atoms with Crippen molar-refractivity contribution in [1.29, 1.82) is 0 Å². The molecule has 0 saturated heterocycles. The van der Waals surface area contributed by atoms with Crippen LogP contribution in [0.25, 0.3) is 0 Å². The van der Waals surface area contributed by atoms with Crippen LogP contribution in [0.2, 0.25) is 0 Å². The summed E-state index contributed by atoms with van der Waals surface area (Å²) < 4.78 is 11.5. The summed E-state index contributed by atoms with van der Waals surface area (Å²) in [5.41, 5.74) is 8.65. The van der Waals surface area contributed by atoms with E-state index in [1.807, 2.05) is 12.1 Å². The number of ether oxygens (including phenoxy) is 2. The number of hydrazone groups is 1. The van der Waals surface area contributed by atoms with E-state index >= 15 is 0 Å². The number of halogens is 1. The maximum Gasteiger partial charge on any atom is 0.231 e. The third kappa shape index (κ3) is 2.53. The molecule has 16 heavy (non-hydrogen) atoms. The van der Waals surface area contributed by atoms with Gasteiger partial charge in [-0.1, -0.05) is 0 Å². The van der Waals surface area contributed by atoms with Gasteiger partial charge < -0.3 is 15.2 Å². The van der Waals surface area contributed by atoms with Crippen LogP contribution in [0.5, 0.6) is 11.5 Å². The molecule has 0 saturated carbocycles. The van der Waals surface area contributed by atoms with E-state index in [-0.39, 0.29) is 11.9 Å². The minimum atomic E-state index is 0.131. The second kappa shape index (κ2) is 4.83. The van der Waals surface area contributed by atoms with Gasteiger partial charge in [0.05, 0.1) is 6.21 Å². The van der Waals surface area contributed by atoms with E-state index in [1.54, 1.807) is 6.21 Å². The molecular formula is C9H8IN3O2S. The number of hydrogen-bond donors (Lipinski definition) is 2. The summed E-state index contributed by atoms with van der Waals surface area (Å²) in [6.45, 7) is 0.261. The van der Waals surface area contributed by atoms with Crippen LogP contribution in [0.3, 0.4) is 0 Å². The summed E-state index contributed by atoms with van der Waals surface area (Å²) in [7, 11) is 0. The Morgan fingerprint density at radius 1 is 1.50 bits per heavy atom. The summed E-state index contributed by atoms with van der Waals surface area (Å²) in [4.78, 5) is 0. The maximum absolute atomic E-state index is 5.26. The van der Waals surface area contributed by atoms with Crippen LogP contribution in [0.4, 0.5) is 0 Å². The van der Waals surface area contributed by atoms with Crippen molar-refractivity contribution in [2.75, 3.05) is 6.79 Å². The molecule has 1 aliphatic rings. The van der Waals surface area contributed by atoms with Gasteiger partial charge in [0.25, 0.3) is 0 Å². The monoisotopic (exact) mass is 349 g/mol. The van der Waals surface area contributed by atoms with Crippen LogP contribution in [0, 0.1) is 3.57 Å². The standard InChI is InChI=1S/C9H8IN3O2S/c10-6-2-8-7(14-4-15-8)1-5(6)3-12-13-9(11)16/h1-3H,4H2,(H3,11,13,16)/b12-3+. The van der Waals surface area contributed by atoms with Crippen LogP contribution in [-0.2, 0) is 0 Å². The van der Waals surface area contributed by atoms with Gasteiger partial charge in [-0.2, -0.15) is 5.10 Å². The molecule has 2 rings (SSSR count). The lowest BCUT2D eigenvalue weighted by atomic mass is 10.2. The van der Waals surface area contributed by atoms with E-state index in [0.29, 0.717) is 0 Å². The first kappa shape index (κ1) is 11.4. The summed E-state index contributed by atoms with van der Waals surface area (Å²) in [5.74, 6) is 1.47. The molecule has 0 amide bonds. The highest BCUT2D eigenvalue weighted by Crippen LogP contribution is 2.34. The predicted molar refractivity (Wildman–Crippen MR) is 72.8 cm³/mol. The van der Waals surface area contributed by atoms with E-state index in [0.717, 1.165) is 20.6 Å². The lowest BCUT2D eigenvalue weighted by Gasteiger charge is -2.01. The first-order valence-corrected chi connectivity index (χ1v) is 5.83. The number of nitrogens with two attached hydrogens (primary N) is 1. The Bertz CT molecular complexity index is 464. The summed E-state index contributed by atoms with van der Waals surface area (Å²) in [6.07, 6.45) is 1.63. The van der Waals surface area contributed by atoms with Crippen LogP contribution in [0.15, 0.2) is 17.2 Å². The zero-order chi connectivity index (χ0) is 11.5. The van der Waals surface area contributed by atoms with Crippen LogP contribution in [-0.4, -0.2) is 18.1 Å². The van der Waals surface area contributed by atoms with Crippen molar-refractivity contribution in [3.63, 3.8) is 0 Å². The van der Waals surface area contributed by atoms with Gasteiger partial charge in [0.1, 0.15) is 0 Å². The first-order chi connectivity index (χ1) is 7.66. The number of thiocarbonyl (C=S) groups is 1. The molecule has 0 aliphatic carbocycles. The fraction of sp³-hybridized carbons (Fsp3) is 0.111. The molecule has 1 aromatic carbocycles.